The average Bonchev–Trinajstić information content (AvgIpc) is 2.71. The van der Waals surface area contributed by atoms with Gasteiger partial charge in [0.2, 0.25) is 0 Å². The summed E-state index contributed by atoms with van der Waals surface area (Å²) in [5, 5.41) is 6.74. The first-order valence-corrected chi connectivity index (χ1v) is 6.17. The van der Waals surface area contributed by atoms with E-state index in [-0.39, 0.29) is 5.54 Å². The minimum atomic E-state index is -0.0356. The van der Waals surface area contributed by atoms with E-state index in [4.69, 9.17) is 4.74 Å². The van der Waals surface area contributed by atoms with Crippen molar-refractivity contribution in [3.63, 3.8) is 0 Å². The van der Waals surface area contributed by atoms with E-state index in [9.17, 15) is 0 Å². The lowest BCUT2D eigenvalue weighted by molar-refractivity contribution is 0.152. The molecular weight excluding hydrogens is 208 g/mol. The Kier molecular flexibility index (Phi) is 4.70. The van der Waals surface area contributed by atoms with Crippen molar-refractivity contribution < 1.29 is 4.74 Å². The molecule has 3 nitrogen and oxygen atoms in total. The minimum absolute atomic E-state index is 0.0356. The van der Waals surface area contributed by atoms with Gasteiger partial charge in [-0.3, -0.25) is 0 Å². The van der Waals surface area contributed by atoms with Gasteiger partial charge in [0.15, 0.2) is 0 Å². The monoisotopic (exact) mass is 228 g/mol. The third-order valence-corrected chi connectivity index (χ3v) is 3.63. The number of hydrogen-bond donors (Lipinski definition) is 1. The molecule has 0 aromatic carbocycles. The lowest BCUT2D eigenvalue weighted by atomic mass is 9.98. The molecule has 1 rings (SSSR count). The van der Waals surface area contributed by atoms with E-state index in [2.05, 4.69) is 31.1 Å². The maximum atomic E-state index is 5.13. The van der Waals surface area contributed by atoms with Crippen LogP contribution in [0.5, 0.6) is 0 Å². The lowest BCUT2D eigenvalue weighted by Crippen LogP contribution is -2.46. The molecule has 0 aliphatic rings. The van der Waals surface area contributed by atoms with Crippen molar-refractivity contribution in [2.45, 2.75) is 38.8 Å². The molecule has 0 spiro atoms. The fourth-order valence-electron chi connectivity index (χ4n) is 1.65. The van der Waals surface area contributed by atoms with Crippen LogP contribution in [-0.2, 0) is 10.3 Å². The van der Waals surface area contributed by atoms with Crippen LogP contribution in [0.15, 0.2) is 11.6 Å². The number of rotatable bonds is 6. The zero-order chi connectivity index (χ0) is 11.3. The molecule has 86 valence electrons. The minimum Gasteiger partial charge on any atom is -0.383 e. The fraction of sp³-hybridized carbons (Fsp3) is 0.727. The van der Waals surface area contributed by atoms with Crippen molar-refractivity contribution in [1.29, 1.82) is 0 Å². The SMILES string of the molecule is CCC(C)(NC(C)COC)c1nccs1. The van der Waals surface area contributed by atoms with Gasteiger partial charge in [-0.25, -0.2) is 4.98 Å². The van der Waals surface area contributed by atoms with Crippen LogP contribution in [0.1, 0.15) is 32.2 Å². The Morgan fingerprint density at radius 3 is 2.87 bits per heavy atom. The van der Waals surface area contributed by atoms with Crippen LogP contribution in [0.25, 0.3) is 0 Å². The number of aromatic nitrogens is 1. The number of hydrogen-bond acceptors (Lipinski definition) is 4. The molecule has 1 aromatic heterocycles. The predicted molar refractivity (Wildman–Crippen MR) is 64.2 cm³/mol. The Labute approximate surface area is 95.9 Å². The molecule has 0 saturated carbocycles. The van der Waals surface area contributed by atoms with Crippen LogP contribution in [-0.4, -0.2) is 24.7 Å². The number of methoxy groups -OCH3 is 1. The van der Waals surface area contributed by atoms with Crippen molar-refractivity contribution >= 4 is 11.3 Å². The Morgan fingerprint density at radius 1 is 1.67 bits per heavy atom. The standard InChI is InChI=1S/C11H20N2OS/c1-5-11(3,10-12-6-7-15-10)13-9(2)8-14-4/h6-7,9,13H,5,8H2,1-4H3. The maximum Gasteiger partial charge on any atom is 0.112 e. The van der Waals surface area contributed by atoms with Crippen molar-refractivity contribution in [2.24, 2.45) is 0 Å². The summed E-state index contributed by atoms with van der Waals surface area (Å²) in [6, 6.07) is 0.337. The van der Waals surface area contributed by atoms with Crippen LogP contribution in [0.4, 0.5) is 0 Å². The molecule has 1 N–H and O–H groups in total. The molecule has 1 heterocycles. The topological polar surface area (TPSA) is 34.1 Å². The van der Waals surface area contributed by atoms with Crippen LogP contribution in [0.2, 0.25) is 0 Å². The van der Waals surface area contributed by atoms with Crippen LogP contribution in [0.3, 0.4) is 0 Å². The summed E-state index contributed by atoms with van der Waals surface area (Å²) in [5.74, 6) is 0. The van der Waals surface area contributed by atoms with E-state index >= 15 is 0 Å². The second-order valence-corrected chi connectivity index (χ2v) is 4.92. The van der Waals surface area contributed by atoms with Gasteiger partial charge in [0.05, 0.1) is 12.1 Å². The van der Waals surface area contributed by atoms with Crippen LogP contribution >= 0.6 is 11.3 Å². The number of nitrogens with zero attached hydrogens (tertiary/aromatic N) is 1. The van der Waals surface area contributed by atoms with Crippen molar-refractivity contribution in [3.8, 4) is 0 Å². The summed E-state index contributed by atoms with van der Waals surface area (Å²) in [5.41, 5.74) is -0.0356. The van der Waals surface area contributed by atoms with Gasteiger partial charge in [0, 0.05) is 24.7 Å². The molecule has 2 unspecified atom stereocenters. The van der Waals surface area contributed by atoms with E-state index in [0.717, 1.165) is 18.0 Å². The molecule has 2 atom stereocenters. The predicted octanol–water partition coefficient (Wildman–Crippen LogP) is 2.39. The van der Waals surface area contributed by atoms with Crippen LogP contribution in [0, 0.1) is 0 Å². The molecule has 0 aliphatic carbocycles. The normalized spacial score (nSPS) is 17.3. The Hall–Kier alpha value is -0.450. The van der Waals surface area contributed by atoms with Gasteiger partial charge in [-0.2, -0.15) is 0 Å². The molecular formula is C11H20N2OS. The third kappa shape index (κ3) is 3.26. The zero-order valence-electron chi connectivity index (χ0n) is 9.91. The smallest absolute Gasteiger partial charge is 0.112 e. The Morgan fingerprint density at radius 2 is 2.40 bits per heavy atom. The van der Waals surface area contributed by atoms with Gasteiger partial charge in [-0.15, -0.1) is 11.3 Å². The van der Waals surface area contributed by atoms with Crippen molar-refractivity contribution in [2.75, 3.05) is 13.7 Å². The third-order valence-electron chi connectivity index (χ3n) is 2.59. The van der Waals surface area contributed by atoms with Crippen molar-refractivity contribution in [3.05, 3.63) is 16.6 Å². The second kappa shape index (κ2) is 5.58. The summed E-state index contributed by atoms with van der Waals surface area (Å²) in [6.07, 6.45) is 2.88. The van der Waals surface area contributed by atoms with E-state index in [1.54, 1.807) is 18.4 Å². The summed E-state index contributed by atoms with van der Waals surface area (Å²) < 4.78 is 5.13. The summed E-state index contributed by atoms with van der Waals surface area (Å²) in [6.45, 7) is 7.22. The van der Waals surface area contributed by atoms with Gasteiger partial charge in [-0.1, -0.05) is 6.92 Å². The van der Waals surface area contributed by atoms with Gasteiger partial charge < -0.3 is 10.1 Å². The van der Waals surface area contributed by atoms with Gasteiger partial charge >= 0.3 is 0 Å². The highest BCUT2D eigenvalue weighted by Crippen LogP contribution is 2.26. The molecule has 4 heteroatoms. The molecule has 0 radical (unpaired) electrons. The Bertz CT molecular complexity index is 276. The van der Waals surface area contributed by atoms with Gasteiger partial charge in [0.25, 0.3) is 0 Å². The quantitative estimate of drug-likeness (QED) is 0.812. The van der Waals surface area contributed by atoms with E-state index in [0.29, 0.717) is 6.04 Å². The maximum absolute atomic E-state index is 5.13. The second-order valence-electron chi connectivity index (χ2n) is 4.02. The lowest BCUT2D eigenvalue weighted by Gasteiger charge is -2.31. The van der Waals surface area contributed by atoms with E-state index in [1.807, 2.05) is 11.6 Å². The van der Waals surface area contributed by atoms with Gasteiger partial charge in [-0.05, 0) is 20.3 Å². The highest BCUT2D eigenvalue weighted by Gasteiger charge is 2.28. The Balaban J connectivity index is 2.69. The molecule has 0 saturated heterocycles. The zero-order valence-corrected chi connectivity index (χ0v) is 10.7. The number of nitrogens with one attached hydrogen (secondary N) is 1. The molecule has 0 fully saturated rings. The number of thiazole rings is 1. The van der Waals surface area contributed by atoms with Crippen LogP contribution < -0.4 is 5.32 Å². The molecule has 0 aliphatic heterocycles. The average molecular weight is 228 g/mol. The van der Waals surface area contributed by atoms with E-state index < -0.39 is 0 Å². The summed E-state index contributed by atoms with van der Waals surface area (Å²) in [7, 11) is 1.73. The first-order chi connectivity index (χ1) is 7.12. The molecule has 1 aromatic rings. The van der Waals surface area contributed by atoms with Crippen molar-refractivity contribution in [1.82, 2.24) is 10.3 Å². The highest BCUT2D eigenvalue weighted by atomic mass is 32.1. The first-order valence-electron chi connectivity index (χ1n) is 5.29. The largest absolute Gasteiger partial charge is 0.383 e. The number of ether oxygens (including phenoxy) is 1. The summed E-state index contributed by atoms with van der Waals surface area (Å²) in [4.78, 5) is 4.39. The van der Waals surface area contributed by atoms with E-state index in [1.165, 1.54) is 0 Å². The highest BCUT2D eigenvalue weighted by molar-refractivity contribution is 7.09. The summed E-state index contributed by atoms with van der Waals surface area (Å²) >= 11 is 1.70. The molecule has 0 amide bonds. The van der Waals surface area contributed by atoms with Gasteiger partial charge in [0.1, 0.15) is 5.01 Å². The first kappa shape index (κ1) is 12.6. The molecule has 15 heavy (non-hydrogen) atoms. The fourth-order valence-corrected chi connectivity index (χ4v) is 2.48. The molecule has 0 bridgehead atoms.